The molecule has 1 aliphatic carbocycles. The molecule has 0 spiro atoms. The van der Waals surface area contributed by atoms with E-state index in [1.54, 1.807) is 0 Å². The third-order valence-electron chi connectivity index (χ3n) is 14.0. The highest BCUT2D eigenvalue weighted by Gasteiger charge is 2.36. The van der Waals surface area contributed by atoms with Crippen molar-refractivity contribution in [2.75, 3.05) is 0 Å². The average Bonchev–Trinajstić information content (AvgIpc) is 3.60. The van der Waals surface area contributed by atoms with Gasteiger partial charge in [0.2, 0.25) is 0 Å². The van der Waals surface area contributed by atoms with Crippen LogP contribution in [-0.2, 0) is 5.41 Å². The van der Waals surface area contributed by atoms with Crippen molar-refractivity contribution in [2.24, 2.45) is 0 Å². The summed E-state index contributed by atoms with van der Waals surface area (Å²) in [6, 6.07) is 89.4. The molecule has 0 aromatic heterocycles. The maximum Gasteiger partial charge on any atom is 0.0159 e. The zero-order valence-electron chi connectivity index (χ0n) is 36.6. The van der Waals surface area contributed by atoms with Gasteiger partial charge in [-0.15, -0.1) is 0 Å². The normalized spacial score (nSPS) is 12.6. The molecule has 0 heteroatoms. The predicted octanol–water partition coefficient (Wildman–Crippen LogP) is 18.0. The van der Waals surface area contributed by atoms with Crippen molar-refractivity contribution in [3.63, 3.8) is 0 Å². The Bertz CT molecular complexity index is 3540. The summed E-state index contributed by atoms with van der Waals surface area (Å²) in [5, 5.41) is 5.11. The highest BCUT2D eigenvalue weighted by Crippen LogP contribution is 2.51. The fourth-order valence-corrected chi connectivity index (χ4v) is 10.3. The standard InChI is InChI=1S/C65H46/c1-65(2)63-41-55(49-25-21-45(22-26-49)43-17-19-44(20-18-43)47-29-33-53(34-30-47)59-15-7-11-51-9-3-5-13-57(51)59)37-39-61(63)62-40-38-56(42-64(62)65)50-27-23-46(24-28-50)48-31-35-54(36-32-48)60-16-8-12-52-10-4-6-14-58(52)60/h3-42H,1-2H3. The Kier molecular flexibility index (Phi) is 9.28. The van der Waals surface area contributed by atoms with Crippen LogP contribution in [0.15, 0.2) is 243 Å². The van der Waals surface area contributed by atoms with Gasteiger partial charge in [-0.25, -0.2) is 0 Å². The van der Waals surface area contributed by atoms with E-state index in [0.29, 0.717) is 0 Å². The Hall–Kier alpha value is -8.06. The van der Waals surface area contributed by atoms with E-state index in [1.165, 1.54) is 122 Å². The van der Waals surface area contributed by atoms with Crippen LogP contribution in [-0.4, -0.2) is 0 Å². The summed E-state index contributed by atoms with van der Waals surface area (Å²) >= 11 is 0. The van der Waals surface area contributed by atoms with Gasteiger partial charge in [0.15, 0.2) is 0 Å². The molecule has 0 saturated heterocycles. The number of fused-ring (bicyclic) bond motifs is 5. The Morgan fingerprint density at radius 1 is 0.215 bits per heavy atom. The summed E-state index contributed by atoms with van der Waals surface area (Å²) < 4.78 is 0. The summed E-state index contributed by atoms with van der Waals surface area (Å²) in [7, 11) is 0. The Labute approximate surface area is 381 Å². The smallest absolute Gasteiger partial charge is 0.0159 e. The molecule has 11 aromatic carbocycles. The predicted molar refractivity (Wildman–Crippen MR) is 277 cm³/mol. The fraction of sp³-hybridized carbons (Fsp3) is 0.0462. The van der Waals surface area contributed by atoms with Gasteiger partial charge in [-0.3, -0.25) is 0 Å². The topological polar surface area (TPSA) is 0 Å². The number of hydrogen-bond acceptors (Lipinski definition) is 0. The molecule has 0 nitrogen and oxygen atoms in total. The Balaban J connectivity index is 0.742. The minimum Gasteiger partial charge on any atom is -0.0616 e. The molecule has 0 amide bonds. The first-order valence-electron chi connectivity index (χ1n) is 22.7. The maximum atomic E-state index is 2.42. The molecule has 0 bridgehead atoms. The van der Waals surface area contributed by atoms with Crippen LogP contribution < -0.4 is 0 Å². The van der Waals surface area contributed by atoms with Gasteiger partial charge in [-0.05, 0) is 134 Å². The first-order valence-corrected chi connectivity index (χ1v) is 22.7. The molecular formula is C65H46. The van der Waals surface area contributed by atoms with Crippen molar-refractivity contribution in [3.05, 3.63) is 254 Å². The van der Waals surface area contributed by atoms with E-state index in [1.807, 2.05) is 0 Å². The summed E-state index contributed by atoms with van der Waals surface area (Å²) in [5.41, 5.74) is 22.6. The summed E-state index contributed by atoms with van der Waals surface area (Å²) in [5.74, 6) is 0. The maximum absolute atomic E-state index is 2.42. The number of benzene rings is 11. The van der Waals surface area contributed by atoms with Crippen LogP contribution in [0.25, 0.3) is 111 Å². The molecule has 306 valence electrons. The van der Waals surface area contributed by atoms with Crippen molar-refractivity contribution >= 4 is 21.5 Å². The minimum atomic E-state index is -0.125. The second-order valence-corrected chi connectivity index (χ2v) is 18.1. The summed E-state index contributed by atoms with van der Waals surface area (Å²) in [4.78, 5) is 0. The van der Waals surface area contributed by atoms with Crippen LogP contribution in [0.5, 0.6) is 0 Å². The summed E-state index contributed by atoms with van der Waals surface area (Å²) in [6.07, 6.45) is 0. The van der Waals surface area contributed by atoms with Crippen molar-refractivity contribution < 1.29 is 0 Å². The molecule has 11 aromatic rings. The zero-order valence-corrected chi connectivity index (χ0v) is 36.6. The third kappa shape index (κ3) is 6.87. The number of hydrogen-bond donors (Lipinski definition) is 0. The van der Waals surface area contributed by atoms with Gasteiger partial charge in [-0.2, -0.15) is 0 Å². The van der Waals surface area contributed by atoms with E-state index in [-0.39, 0.29) is 5.41 Å². The first kappa shape index (κ1) is 38.6. The monoisotopic (exact) mass is 826 g/mol. The molecule has 0 N–H and O–H groups in total. The Morgan fingerprint density at radius 2 is 0.477 bits per heavy atom. The van der Waals surface area contributed by atoms with Crippen LogP contribution >= 0.6 is 0 Å². The fourth-order valence-electron chi connectivity index (χ4n) is 10.3. The van der Waals surface area contributed by atoms with Crippen molar-refractivity contribution in [1.29, 1.82) is 0 Å². The van der Waals surface area contributed by atoms with Gasteiger partial charge in [-0.1, -0.05) is 244 Å². The molecule has 1 aliphatic rings. The number of rotatable bonds is 7. The van der Waals surface area contributed by atoms with Gasteiger partial charge >= 0.3 is 0 Å². The lowest BCUT2D eigenvalue weighted by molar-refractivity contribution is 0.661. The highest BCUT2D eigenvalue weighted by molar-refractivity contribution is 5.98. The molecular weight excluding hydrogens is 781 g/mol. The van der Waals surface area contributed by atoms with Gasteiger partial charge in [0.25, 0.3) is 0 Å². The van der Waals surface area contributed by atoms with Crippen molar-refractivity contribution in [1.82, 2.24) is 0 Å². The van der Waals surface area contributed by atoms with Crippen LogP contribution in [0.3, 0.4) is 0 Å². The summed E-state index contributed by atoms with van der Waals surface area (Å²) in [6.45, 7) is 4.75. The van der Waals surface area contributed by atoms with E-state index in [4.69, 9.17) is 0 Å². The van der Waals surface area contributed by atoms with E-state index < -0.39 is 0 Å². The first-order chi connectivity index (χ1) is 31.9. The highest BCUT2D eigenvalue weighted by atomic mass is 14.4. The lowest BCUT2D eigenvalue weighted by Crippen LogP contribution is -2.15. The van der Waals surface area contributed by atoms with E-state index >= 15 is 0 Å². The minimum absolute atomic E-state index is 0.125. The zero-order chi connectivity index (χ0) is 43.5. The third-order valence-corrected chi connectivity index (χ3v) is 14.0. The SMILES string of the molecule is CC1(C)c2cc(-c3ccc(-c4ccc(-c5ccc(-c6cccc7ccccc67)cc5)cc4)cc3)ccc2-c2ccc(-c3ccc(-c4ccc(-c5cccc6ccccc56)cc4)cc3)cc21. The molecule has 65 heavy (non-hydrogen) atoms. The lowest BCUT2D eigenvalue weighted by atomic mass is 9.80. The molecule has 0 atom stereocenters. The van der Waals surface area contributed by atoms with Crippen LogP contribution in [0.2, 0.25) is 0 Å². The van der Waals surface area contributed by atoms with E-state index in [2.05, 4.69) is 257 Å². The molecule has 0 saturated carbocycles. The quantitative estimate of drug-likeness (QED) is 0.150. The van der Waals surface area contributed by atoms with Crippen LogP contribution in [0.4, 0.5) is 0 Å². The van der Waals surface area contributed by atoms with E-state index in [0.717, 1.165) is 0 Å². The second-order valence-electron chi connectivity index (χ2n) is 18.1. The lowest BCUT2D eigenvalue weighted by Gasteiger charge is -2.22. The molecule has 0 unspecified atom stereocenters. The van der Waals surface area contributed by atoms with Crippen LogP contribution in [0, 0.1) is 0 Å². The van der Waals surface area contributed by atoms with E-state index in [9.17, 15) is 0 Å². The molecule has 0 aliphatic heterocycles. The average molecular weight is 827 g/mol. The van der Waals surface area contributed by atoms with Gasteiger partial charge in [0, 0.05) is 5.41 Å². The van der Waals surface area contributed by atoms with Crippen molar-refractivity contribution in [2.45, 2.75) is 19.3 Å². The molecule has 0 radical (unpaired) electrons. The van der Waals surface area contributed by atoms with Crippen LogP contribution in [0.1, 0.15) is 25.0 Å². The molecule has 0 fully saturated rings. The molecule has 12 rings (SSSR count). The van der Waals surface area contributed by atoms with Gasteiger partial charge in [0.05, 0.1) is 0 Å². The molecule has 0 heterocycles. The van der Waals surface area contributed by atoms with Gasteiger partial charge < -0.3 is 0 Å². The Morgan fingerprint density at radius 3 is 0.815 bits per heavy atom. The second kappa shape index (κ2) is 15.6. The van der Waals surface area contributed by atoms with Gasteiger partial charge in [0.1, 0.15) is 0 Å². The largest absolute Gasteiger partial charge is 0.0616 e. The van der Waals surface area contributed by atoms with Crippen molar-refractivity contribution in [3.8, 4) is 89.0 Å².